The van der Waals surface area contributed by atoms with Gasteiger partial charge in [-0.25, -0.2) is 15.0 Å². The van der Waals surface area contributed by atoms with Crippen LogP contribution in [0.1, 0.15) is 80.9 Å². The first-order chi connectivity index (χ1) is 25.2. The van der Waals surface area contributed by atoms with Gasteiger partial charge >= 0.3 is 0 Å². The highest BCUT2D eigenvalue weighted by Gasteiger charge is 2.47. The molecule has 5 atom stereocenters. The summed E-state index contributed by atoms with van der Waals surface area (Å²) in [5, 5.41) is 1.37. The third-order valence-electron chi connectivity index (χ3n) is 12.2. The minimum atomic E-state index is 0.337. The Labute approximate surface area is 309 Å². The minimum Gasteiger partial charge on any atom is -0.361 e. The third-order valence-corrected chi connectivity index (χ3v) is 12.7. The van der Waals surface area contributed by atoms with Crippen molar-refractivity contribution in [1.82, 2.24) is 24.4 Å². The maximum Gasteiger partial charge on any atom is 0.164 e. The van der Waals surface area contributed by atoms with Crippen LogP contribution in [0.4, 0.5) is 0 Å². The molecule has 6 aliphatic rings. The van der Waals surface area contributed by atoms with Gasteiger partial charge in [0.15, 0.2) is 17.5 Å². The molecule has 256 valence electrons. The first-order valence-corrected chi connectivity index (χ1v) is 20.1. The van der Waals surface area contributed by atoms with Crippen LogP contribution in [0, 0.1) is 11.8 Å². The fourth-order valence-electron chi connectivity index (χ4n) is 9.81. The second kappa shape index (κ2) is 13.0. The monoisotopic (exact) mass is 733 g/mol. The van der Waals surface area contributed by atoms with Gasteiger partial charge in [0.2, 0.25) is 0 Å². The van der Waals surface area contributed by atoms with Gasteiger partial charge in [-0.2, -0.15) is 0 Å². The number of nitrogens with zero attached hydrogens (tertiary/aromatic N) is 5. The van der Waals surface area contributed by atoms with E-state index in [1.54, 1.807) is 5.69 Å². The van der Waals surface area contributed by atoms with Crippen molar-refractivity contribution >= 4 is 32.4 Å². The average molecular weight is 735 g/mol. The van der Waals surface area contributed by atoms with Crippen molar-refractivity contribution in [1.29, 1.82) is 0 Å². The Morgan fingerprint density at radius 2 is 1.47 bits per heavy atom. The Bertz CT molecular complexity index is 2200. The van der Waals surface area contributed by atoms with Crippen LogP contribution in [-0.4, -0.2) is 36.5 Å². The largest absolute Gasteiger partial charge is 0.361 e. The number of aromatic nitrogens is 4. The number of aryl methyl sites for hydroxylation is 1. The van der Waals surface area contributed by atoms with Crippen molar-refractivity contribution in [2.24, 2.45) is 11.8 Å². The number of benzene rings is 2. The molecule has 0 amide bonds. The average Bonchev–Trinajstić information content (AvgIpc) is 3.71. The molecule has 10 rings (SSSR count). The molecule has 0 spiro atoms. The van der Waals surface area contributed by atoms with E-state index in [1.165, 1.54) is 80.0 Å². The van der Waals surface area contributed by atoms with Gasteiger partial charge in [-0.1, -0.05) is 88.8 Å². The van der Waals surface area contributed by atoms with E-state index in [0.29, 0.717) is 35.8 Å². The van der Waals surface area contributed by atoms with E-state index in [1.807, 2.05) is 0 Å². The highest BCUT2D eigenvalue weighted by molar-refractivity contribution is 9.10. The zero-order valence-electron chi connectivity index (χ0n) is 29.1. The van der Waals surface area contributed by atoms with Gasteiger partial charge in [0.05, 0.1) is 18.1 Å². The number of hydrogen-bond acceptors (Lipinski definition) is 4. The van der Waals surface area contributed by atoms with Crippen molar-refractivity contribution < 1.29 is 0 Å². The summed E-state index contributed by atoms with van der Waals surface area (Å²) in [6.07, 6.45) is 37.3. The lowest BCUT2D eigenvalue weighted by atomic mass is 9.81. The fraction of sp³-hybridized carbons (Fsp3) is 0.356. The zero-order valence-corrected chi connectivity index (χ0v) is 30.7. The fourth-order valence-corrected chi connectivity index (χ4v) is 10.1. The van der Waals surface area contributed by atoms with E-state index < -0.39 is 0 Å². The zero-order chi connectivity index (χ0) is 33.9. The SMILES string of the molecule is Brc1ccc(-c2nc(C3=CC4C5C=CC=CC5N(C5=CCCCC5)C4C=C3)nc(-c3ccc4c(c3)c3c(n4C4C=CCCC4)CCCC3)n2)cc1. The Balaban J connectivity index is 1.08. The molecule has 2 aromatic carbocycles. The maximum atomic E-state index is 5.29. The van der Waals surface area contributed by atoms with Crippen LogP contribution in [0.3, 0.4) is 0 Å². The van der Waals surface area contributed by atoms with Crippen molar-refractivity contribution in [3.8, 4) is 22.8 Å². The molecule has 5 unspecified atom stereocenters. The molecule has 6 heteroatoms. The molecule has 3 heterocycles. The lowest BCUT2D eigenvalue weighted by Crippen LogP contribution is -2.36. The van der Waals surface area contributed by atoms with Gasteiger partial charge in [-0.05, 0) is 107 Å². The van der Waals surface area contributed by atoms with Crippen molar-refractivity contribution in [2.75, 3.05) is 0 Å². The maximum absolute atomic E-state index is 5.29. The summed E-state index contributed by atoms with van der Waals surface area (Å²) < 4.78 is 3.71. The van der Waals surface area contributed by atoms with Crippen LogP contribution in [0.15, 0.2) is 113 Å². The summed E-state index contributed by atoms with van der Waals surface area (Å²) in [4.78, 5) is 18.4. The van der Waals surface area contributed by atoms with Gasteiger partial charge in [0.1, 0.15) is 0 Å². The number of hydrogen-bond donors (Lipinski definition) is 0. The number of likely N-dealkylation sites (tertiary alicyclic amines) is 1. The normalized spacial score (nSPS) is 26.5. The van der Waals surface area contributed by atoms with Crippen LogP contribution in [0.5, 0.6) is 0 Å². The summed E-state index contributed by atoms with van der Waals surface area (Å²) >= 11 is 3.62. The smallest absolute Gasteiger partial charge is 0.164 e. The molecule has 4 aromatic rings. The van der Waals surface area contributed by atoms with Gasteiger partial charge in [0.25, 0.3) is 0 Å². The Morgan fingerprint density at radius 3 is 2.31 bits per heavy atom. The van der Waals surface area contributed by atoms with Crippen LogP contribution in [-0.2, 0) is 12.8 Å². The summed E-state index contributed by atoms with van der Waals surface area (Å²) in [6, 6.07) is 16.5. The van der Waals surface area contributed by atoms with Gasteiger partial charge in [0, 0.05) is 55.3 Å². The topological polar surface area (TPSA) is 46.8 Å². The second-order valence-corrected chi connectivity index (χ2v) is 16.1. The van der Waals surface area contributed by atoms with E-state index in [0.717, 1.165) is 45.7 Å². The van der Waals surface area contributed by atoms with Crippen LogP contribution in [0.2, 0.25) is 0 Å². The lowest BCUT2D eigenvalue weighted by molar-refractivity contribution is 0.284. The first kappa shape index (κ1) is 31.4. The molecule has 5 nitrogen and oxygen atoms in total. The van der Waals surface area contributed by atoms with Crippen LogP contribution < -0.4 is 0 Å². The second-order valence-electron chi connectivity index (χ2n) is 15.2. The Morgan fingerprint density at radius 1 is 0.686 bits per heavy atom. The van der Waals surface area contributed by atoms with E-state index >= 15 is 0 Å². The van der Waals surface area contributed by atoms with Gasteiger partial charge in [-0.15, -0.1) is 0 Å². The number of halogens is 1. The minimum absolute atomic E-state index is 0.337. The number of allylic oxidation sites excluding steroid dienone is 8. The molecule has 1 fully saturated rings. The highest BCUT2D eigenvalue weighted by atomic mass is 79.9. The molecule has 1 aliphatic heterocycles. The lowest BCUT2D eigenvalue weighted by Gasteiger charge is -2.35. The molecular formula is C45H44BrN5. The summed E-state index contributed by atoms with van der Waals surface area (Å²) in [5.74, 6) is 2.98. The summed E-state index contributed by atoms with van der Waals surface area (Å²) in [5.41, 5.74) is 9.10. The van der Waals surface area contributed by atoms with Crippen molar-refractivity contribution in [2.45, 2.75) is 88.8 Å². The molecule has 2 aromatic heterocycles. The molecule has 5 aliphatic carbocycles. The Kier molecular flexibility index (Phi) is 8.04. The van der Waals surface area contributed by atoms with E-state index in [2.05, 4.69) is 129 Å². The van der Waals surface area contributed by atoms with Crippen LogP contribution >= 0.6 is 15.9 Å². The van der Waals surface area contributed by atoms with Crippen molar-refractivity contribution in [3.63, 3.8) is 0 Å². The van der Waals surface area contributed by atoms with E-state index in [4.69, 9.17) is 15.0 Å². The molecule has 0 saturated carbocycles. The summed E-state index contributed by atoms with van der Waals surface area (Å²) in [7, 11) is 0. The predicted molar refractivity (Wildman–Crippen MR) is 211 cm³/mol. The molecular weight excluding hydrogens is 690 g/mol. The van der Waals surface area contributed by atoms with Gasteiger partial charge < -0.3 is 9.47 Å². The van der Waals surface area contributed by atoms with Gasteiger partial charge in [-0.3, -0.25) is 0 Å². The van der Waals surface area contributed by atoms with E-state index in [9.17, 15) is 0 Å². The van der Waals surface area contributed by atoms with Crippen molar-refractivity contribution in [3.05, 3.63) is 130 Å². The molecule has 0 radical (unpaired) electrons. The highest BCUT2D eigenvalue weighted by Crippen LogP contribution is 2.47. The number of rotatable bonds is 5. The summed E-state index contributed by atoms with van der Waals surface area (Å²) in [6.45, 7) is 0. The quantitative estimate of drug-likeness (QED) is 0.192. The molecule has 1 saturated heterocycles. The molecule has 0 N–H and O–H groups in total. The molecule has 0 bridgehead atoms. The van der Waals surface area contributed by atoms with Crippen LogP contribution in [0.25, 0.3) is 39.3 Å². The third kappa shape index (κ3) is 5.53. The first-order valence-electron chi connectivity index (χ1n) is 19.3. The molecule has 51 heavy (non-hydrogen) atoms. The van der Waals surface area contributed by atoms with E-state index in [-0.39, 0.29) is 0 Å². The predicted octanol–water partition coefficient (Wildman–Crippen LogP) is 10.9. The number of fused-ring (bicyclic) bond motifs is 6. The standard InChI is InChI=1S/C45H44BrN5/c46-32-23-19-29(20-24-32)43-47-44(30-21-25-41-37(27-30)35-15-7-9-17-39(35)50(41)33-11-3-1-4-12-33)49-45(48-43)31-22-26-42-38(28-31)36-16-8-10-18-40(36)51(42)34-13-5-2-6-14-34/h3,8,10-11,13,16,18-28,33,36,38,40,42H,1-2,4-7,9,12,14-15,17H2. The Hall–Kier alpha value is -4.29.